The number of fused-ring (bicyclic) bond motifs is 1. The van der Waals surface area contributed by atoms with Gasteiger partial charge in [-0.2, -0.15) is 0 Å². The second kappa shape index (κ2) is 5.32. The topological polar surface area (TPSA) is 59.8 Å². The first kappa shape index (κ1) is 12.0. The number of nitrogens with zero attached hydrogens (tertiary/aromatic N) is 3. The van der Waals surface area contributed by atoms with Crippen LogP contribution >= 0.6 is 0 Å². The van der Waals surface area contributed by atoms with Crippen LogP contribution in [0.3, 0.4) is 0 Å². The number of aryl methyl sites for hydroxylation is 2. The summed E-state index contributed by atoms with van der Waals surface area (Å²) in [6, 6.07) is 3.95. The van der Waals surface area contributed by atoms with Gasteiger partial charge in [-0.1, -0.05) is 0 Å². The third-order valence-electron chi connectivity index (χ3n) is 3.46. The van der Waals surface area contributed by atoms with Crippen LogP contribution in [-0.2, 0) is 25.9 Å². The van der Waals surface area contributed by atoms with Gasteiger partial charge in [0.25, 0.3) is 5.56 Å². The molecule has 2 aromatic rings. The van der Waals surface area contributed by atoms with Gasteiger partial charge in [0.05, 0.1) is 12.0 Å². The van der Waals surface area contributed by atoms with Crippen molar-refractivity contribution in [1.29, 1.82) is 0 Å². The van der Waals surface area contributed by atoms with Crippen LogP contribution in [0.2, 0.25) is 0 Å². The van der Waals surface area contributed by atoms with E-state index < -0.39 is 0 Å². The molecule has 0 aromatic carbocycles. The number of rotatable bonds is 3. The van der Waals surface area contributed by atoms with Crippen molar-refractivity contribution in [3.63, 3.8) is 0 Å². The Morgan fingerprint density at radius 3 is 3.00 bits per heavy atom. The summed E-state index contributed by atoms with van der Waals surface area (Å²) in [6.07, 6.45) is 6.80. The van der Waals surface area contributed by atoms with Crippen molar-refractivity contribution in [2.45, 2.75) is 25.9 Å². The van der Waals surface area contributed by atoms with Crippen LogP contribution in [-0.4, -0.2) is 21.1 Å². The second-order valence-corrected chi connectivity index (χ2v) is 4.70. The minimum absolute atomic E-state index is 0.112. The van der Waals surface area contributed by atoms with E-state index >= 15 is 0 Å². The van der Waals surface area contributed by atoms with Crippen molar-refractivity contribution in [2.75, 3.05) is 6.54 Å². The zero-order valence-corrected chi connectivity index (χ0v) is 10.7. The smallest absolute Gasteiger partial charge is 0.256 e. The lowest BCUT2D eigenvalue weighted by atomic mass is 10.1. The summed E-state index contributed by atoms with van der Waals surface area (Å²) >= 11 is 0. The number of hydrogen-bond acceptors (Lipinski definition) is 4. The molecule has 5 nitrogen and oxygen atoms in total. The Hall–Kier alpha value is -2.01. The van der Waals surface area contributed by atoms with Crippen LogP contribution in [0, 0.1) is 0 Å². The molecule has 3 heterocycles. The molecule has 0 unspecified atom stereocenters. The summed E-state index contributed by atoms with van der Waals surface area (Å²) in [6.45, 7) is 2.23. The maximum absolute atomic E-state index is 12.3. The Balaban J connectivity index is 1.80. The number of hydrogen-bond donors (Lipinski definition) is 1. The van der Waals surface area contributed by atoms with Crippen molar-refractivity contribution in [3.05, 3.63) is 58.0 Å². The fourth-order valence-electron chi connectivity index (χ4n) is 2.35. The van der Waals surface area contributed by atoms with E-state index in [1.54, 1.807) is 23.3 Å². The average Bonchev–Trinajstić information content (AvgIpc) is 2.48. The van der Waals surface area contributed by atoms with Gasteiger partial charge in [0.15, 0.2) is 0 Å². The first-order valence-corrected chi connectivity index (χ1v) is 6.51. The zero-order valence-electron chi connectivity index (χ0n) is 10.7. The molecule has 3 rings (SSSR count). The van der Waals surface area contributed by atoms with Crippen LogP contribution < -0.4 is 10.9 Å². The minimum Gasteiger partial charge on any atom is -0.311 e. The van der Waals surface area contributed by atoms with Gasteiger partial charge >= 0.3 is 0 Å². The molecule has 0 saturated heterocycles. The summed E-state index contributed by atoms with van der Waals surface area (Å²) < 4.78 is 1.71. The fraction of sp³-hybridized carbons (Fsp3) is 0.357. The summed E-state index contributed by atoms with van der Waals surface area (Å²) in [5, 5.41) is 3.23. The van der Waals surface area contributed by atoms with Gasteiger partial charge in [-0.3, -0.25) is 14.3 Å². The summed E-state index contributed by atoms with van der Waals surface area (Å²) in [5.74, 6) is 0. The molecule has 0 fully saturated rings. The monoisotopic (exact) mass is 256 g/mol. The second-order valence-electron chi connectivity index (χ2n) is 4.70. The molecule has 0 spiro atoms. The molecule has 1 aliphatic heterocycles. The van der Waals surface area contributed by atoms with Gasteiger partial charge < -0.3 is 5.32 Å². The molecule has 0 saturated carbocycles. The van der Waals surface area contributed by atoms with E-state index in [1.165, 1.54) is 5.56 Å². The highest BCUT2D eigenvalue weighted by Crippen LogP contribution is 2.06. The lowest BCUT2D eigenvalue weighted by Crippen LogP contribution is -2.34. The van der Waals surface area contributed by atoms with Crippen molar-refractivity contribution in [1.82, 2.24) is 19.9 Å². The molecule has 0 bridgehead atoms. The van der Waals surface area contributed by atoms with Crippen LogP contribution in [0.25, 0.3) is 0 Å². The van der Waals surface area contributed by atoms with Gasteiger partial charge in [0.2, 0.25) is 0 Å². The molecule has 1 aliphatic rings. The van der Waals surface area contributed by atoms with E-state index in [9.17, 15) is 4.79 Å². The van der Waals surface area contributed by atoms with Gasteiger partial charge in [-0.25, -0.2) is 4.98 Å². The minimum atomic E-state index is 0.112. The summed E-state index contributed by atoms with van der Waals surface area (Å²) in [4.78, 5) is 20.7. The van der Waals surface area contributed by atoms with Gasteiger partial charge in [0.1, 0.15) is 0 Å². The lowest BCUT2D eigenvalue weighted by molar-refractivity contribution is 0.580. The molecule has 0 atom stereocenters. The van der Waals surface area contributed by atoms with Gasteiger partial charge in [-0.05, 0) is 37.1 Å². The molecule has 98 valence electrons. The molecule has 0 amide bonds. The quantitative estimate of drug-likeness (QED) is 0.870. The van der Waals surface area contributed by atoms with Crippen LogP contribution in [0.4, 0.5) is 0 Å². The van der Waals surface area contributed by atoms with Crippen molar-refractivity contribution in [2.24, 2.45) is 0 Å². The van der Waals surface area contributed by atoms with Gasteiger partial charge in [0, 0.05) is 31.0 Å². The average molecular weight is 256 g/mol. The summed E-state index contributed by atoms with van der Waals surface area (Å²) in [5.41, 5.74) is 3.06. The highest BCUT2D eigenvalue weighted by molar-refractivity contribution is 5.19. The van der Waals surface area contributed by atoms with E-state index in [1.807, 2.05) is 12.1 Å². The lowest BCUT2D eigenvalue weighted by Gasteiger charge is -2.16. The Kier molecular flexibility index (Phi) is 3.37. The maximum atomic E-state index is 12.3. The normalized spacial score (nSPS) is 14.1. The molecule has 5 heteroatoms. The van der Waals surface area contributed by atoms with E-state index in [4.69, 9.17) is 0 Å². The molecule has 1 N–H and O–H groups in total. The Labute approximate surface area is 111 Å². The highest BCUT2D eigenvalue weighted by atomic mass is 16.1. The molecular weight excluding hydrogens is 240 g/mol. The van der Waals surface area contributed by atoms with Crippen LogP contribution in [0.15, 0.2) is 35.6 Å². The highest BCUT2D eigenvalue weighted by Gasteiger charge is 2.14. The maximum Gasteiger partial charge on any atom is 0.256 e. The number of pyridine rings is 1. The predicted molar refractivity (Wildman–Crippen MR) is 71.8 cm³/mol. The van der Waals surface area contributed by atoms with E-state index in [0.29, 0.717) is 13.1 Å². The SMILES string of the molecule is O=c1c2c(ncn1CCc1ccncc1)CNCC2. The zero-order chi connectivity index (χ0) is 13.1. The van der Waals surface area contributed by atoms with E-state index in [-0.39, 0.29) is 5.56 Å². The first-order valence-electron chi connectivity index (χ1n) is 6.51. The van der Waals surface area contributed by atoms with Gasteiger partial charge in [-0.15, -0.1) is 0 Å². The van der Waals surface area contributed by atoms with Crippen LogP contribution in [0.1, 0.15) is 16.8 Å². The molecule has 2 aromatic heterocycles. The van der Waals surface area contributed by atoms with Crippen molar-refractivity contribution in [3.8, 4) is 0 Å². The largest absolute Gasteiger partial charge is 0.311 e. The Bertz CT molecular complexity index is 621. The predicted octanol–water partition coefficient (Wildman–Crippen LogP) is 0.527. The van der Waals surface area contributed by atoms with Crippen molar-refractivity contribution < 1.29 is 0 Å². The number of nitrogens with one attached hydrogen (secondary N) is 1. The first-order chi connectivity index (χ1) is 9.34. The molecule has 19 heavy (non-hydrogen) atoms. The molecular formula is C14H16N4O. The number of aromatic nitrogens is 3. The fourth-order valence-corrected chi connectivity index (χ4v) is 2.35. The Morgan fingerprint density at radius 2 is 2.16 bits per heavy atom. The third-order valence-corrected chi connectivity index (χ3v) is 3.46. The van der Waals surface area contributed by atoms with Crippen LogP contribution in [0.5, 0.6) is 0 Å². The van der Waals surface area contributed by atoms with Crippen molar-refractivity contribution >= 4 is 0 Å². The van der Waals surface area contributed by atoms with E-state index in [2.05, 4.69) is 15.3 Å². The summed E-state index contributed by atoms with van der Waals surface area (Å²) in [7, 11) is 0. The third kappa shape index (κ3) is 2.56. The molecule has 0 radical (unpaired) electrons. The molecule has 0 aliphatic carbocycles. The van der Waals surface area contributed by atoms with E-state index in [0.717, 1.165) is 30.6 Å². The standard InChI is InChI=1S/C14H16N4O/c19-14-12-3-7-16-9-13(12)17-10-18(14)8-4-11-1-5-15-6-2-11/h1-2,5-6,10,16H,3-4,7-9H2. The Morgan fingerprint density at radius 1 is 1.32 bits per heavy atom.